The van der Waals surface area contributed by atoms with Gasteiger partial charge in [0.1, 0.15) is 0 Å². The fourth-order valence-electron chi connectivity index (χ4n) is 4.21. The summed E-state index contributed by atoms with van der Waals surface area (Å²) in [6.07, 6.45) is 3.58. The Morgan fingerprint density at radius 2 is 1.69 bits per heavy atom. The van der Waals surface area contributed by atoms with E-state index in [9.17, 15) is 4.79 Å². The first kappa shape index (κ1) is 21.8. The Labute approximate surface area is 210 Å². The predicted octanol–water partition coefficient (Wildman–Crippen LogP) is 6.17. The molecule has 0 amide bonds. The van der Waals surface area contributed by atoms with Crippen molar-refractivity contribution in [2.45, 2.75) is 18.0 Å². The van der Waals surface area contributed by atoms with Crippen molar-refractivity contribution < 1.29 is 4.79 Å². The molecular weight excluding hydrogens is 478 g/mol. The van der Waals surface area contributed by atoms with Crippen LogP contribution in [0.1, 0.15) is 21.7 Å². The minimum absolute atomic E-state index is 0.00875. The molecule has 172 valence electrons. The van der Waals surface area contributed by atoms with Crippen molar-refractivity contribution in [3.05, 3.63) is 101 Å². The highest BCUT2D eigenvalue weighted by atomic mass is 35.5. The number of nitrogens with one attached hydrogen (secondary N) is 1. The molecule has 3 aromatic heterocycles. The normalized spacial score (nSPS) is 11.6. The molecule has 0 unspecified atom stereocenters. The summed E-state index contributed by atoms with van der Waals surface area (Å²) in [6.45, 7) is 0. The monoisotopic (exact) mass is 497 g/mol. The van der Waals surface area contributed by atoms with Crippen molar-refractivity contribution in [1.29, 1.82) is 0 Å². The fraction of sp³-hybridized carbons (Fsp3) is 0.111. The zero-order valence-corrected chi connectivity index (χ0v) is 20.2. The third kappa shape index (κ3) is 4.29. The van der Waals surface area contributed by atoms with Crippen LogP contribution in [-0.2, 0) is 12.8 Å². The van der Waals surface area contributed by atoms with E-state index < -0.39 is 0 Å². The highest BCUT2D eigenvalue weighted by molar-refractivity contribution is 7.99. The lowest BCUT2D eigenvalue weighted by Gasteiger charge is -2.06. The molecule has 3 aromatic carbocycles. The Kier molecular flexibility index (Phi) is 5.72. The summed E-state index contributed by atoms with van der Waals surface area (Å²) in [4.78, 5) is 25.7. The van der Waals surface area contributed by atoms with E-state index in [1.54, 1.807) is 28.8 Å². The fourth-order valence-corrected chi connectivity index (χ4v) is 5.17. The van der Waals surface area contributed by atoms with Gasteiger partial charge in [-0.05, 0) is 54.4 Å². The number of thioether (sulfide) groups is 1. The van der Waals surface area contributed by atoms with Crippen LogP contribution in [-0.4, -0.2) is 36.1 Å². The summed E-state index contributed by atoms with van der Waals surface area (Å²) in [6, 6.07) is 23.1. The van der Waals surface area contributed by atoms with E-state index >= 15 is 0 Å². The van der Waals surface area contributed by atoms with Crippen LogP contribution in [0.3, 0.4) is 0 Å². The zero-order valence-electron chi connectivity index (χ0n) is 18.6. The summed E-state index contributed by atoms with van der Waals surface area (Å²) >= 11 is 7.32. The summed E-state index contributed by atoms with van der Waals surface area (Å²) in [5.74, 6) is 1.00. The average molecular weight is 498 g/mol. The van der Waals surface area contributed by atoms with Crippen LogP contribution in [0.25, 0.3) is 27.5 Å². The van der Waals surface area contributed by atoms with Crippen LogP contribution in [0, 0.1) is 0 Å². The second kappa shape index (κ2) is 9.17. The van der Waals surface area contributed by atoms with E-state index in [1.807, 2.05) is 30.3 Å². The number of hydrogen-bond acceptors (Lipinski definition) is 5. The van der Waals surface area contributed by atoms with E-state index in [1.165, 1.54) is 22.7 Å². The summed E-state index contributed by atoms with van der Waals surface area (Å²) in [5, 5.41) is 8.20. The molecule has 0 fully saturated rings. The molecule has 0 saturated carbocycles. The SMILES string of the molecule is O=C(CSc1nc2ccccc2c2nc(CCc3c[nH]c4ccccc34)nn12)c1ccc(Cl)cc1. The number of aromatic amines is 1. The summed E-state index contributed by atoms with van der Waals surface area (Å²) in [5.41, 5.74) is 4.58. The molecule has 0 bridgehead atoms. The van der Waals surface area contributed by atoms with Crippen molar-refractivity contribution >= 4 is 56.6 Å². The Morgan fingerprint density at radius 3 is 2.54 bits per heavy atom. The molecule has 0 aliphatic carbocycles. The van der Waals surface area contributed by atoms with Crippen molar-refractivity contribution in [3.63, 3.8) is 0 Å². The predicted molar refractivity (Wildman–Crippen MR) is 141 cm³/mol. The number of carbonyl (C=O) groups is 1. The summed E-state index contributed by atoms with van der Waals surface area (Å²) < 4.78 is 1.77. The Morgan fingerprint density at radius 1 is 0.914 bits per heavy atom. The van der Waals surface area contributed by atoms with Gasteiger partial charge >= 0.3 is 0 Å². The molecule has 6 nitrogen and oxygen atoms in total. The van der Waals surface area contributed by atoms with Gasteiger partial charge in [-0.25, -0.2) is 9.97 Å². The number of hydrogen-bond donors (Lipinski definition) is 1. The number of nitrogens with zero attached hydrogens (tertiary/aromatic N) is 4. The maximum absolute atomic E-state index is 12.7. The van der Waals surface area contributed by atoms with Gasteiger partial charge in [-0.1, -0.05) is 53.7 Å². The van der Waals surface area contributed by atoms with Crippen molar-refractivity contribution in [3.8, 4) is 0 Å². The molecule has 8 heteroatoms. The molecule has 6 aromatic rings. The van der Waals surface area contributed by atoms with Crippen molar-refractivity contribution in [2.24, 2.45) is 0 Å². The number of Topliss-reactive ketones (excluding diaryl/α,β-unsaturated/α-hetero) is 1. The number of rotatable bonds is 7. The molecule has 0 spiro atoms. The molecule has 35 heavy (non-hydrogen) atoms. The maximum Gasteiger partial charge on any atom is 0.192 e. The lowest BCUT2D eigenvalue weighted by atomic mass is 10.1. The number of para-hydroxylation sites is 2. The first-order valence-corrected chi connectivity index (χ1v) is 12.6. The number of fused-ring (bicyclic) bond motifs is 4. The van der Waals surface area contributed by atoms with Gasteiger partial charge in [-0.15, -0.1) is 5.10 Å². The van der Waals surface area contributed by atoms with Crippen LogP contribution < -0.4 is 0 Å². The Hall–Kier alpha value is -3.68. The topological polar surface area (TPSA) is 75.9 Å². The number of H-pyrrole nitrogens is 1. The third-order valence-corrected chi connectivity index (χ3v) is 7.17. The Bertz CT molecular complexity index is 1690. The number of benzene rings is 3. The van der Waals surface area contributed by atoms with Crippen molar-refractivity contribution in [2.75, 3.05) is 5.75 Å². The van der Waals surface area contributed by atoms with Crippen LogP contribution in [0.2, 0.25) is 5.02 Å². The standard InChI is InChI=1S/C27H20ClN5OS/c28-19-12-9-17(10-13-19)24(34)16-35-27-30-23-8-4-2-6-21(23)26-31-25(32-33(26)27)14-11-18-15-29-22-7-3-1-5-20(18)22/h1-10,12-13,15,29H,11,14,16H2. The number of halogens is 1. The first-order valence-electron chi connectivity index (χ1n) is 11.3. The van der Waals surface area contributed by atoms with E-state index in [0.717, 1.165) is 34.3 Å². The first-order chi connectivity index (χ1) is 17.2. The molecule has 1 N–H and O–H groups in total. The number of ketones is 1. The van der Waals surface area contributed by atoms with Gasteiger partial charge in [0.05, 0.1) is 11.3 Å². The van der Waals surface area contributed by atoms with Gasteiger partial charge in [0.25, 0.3) is 0 Å². The van der Waals surface area contributed by atoms with Gasteiger partial charge < -0.3 is 4.98 Å². The van der Waals surface area contributed by atoms with E-state index in [-0.39, 0.29) is 11.5 Å². The van der Waals surface area contributed by atoms with Gasteiger partial charge in [0, 0.05) is 39.5 Å². The number of aromatic nitrogens is 5. The lowest BCUT2D eigenvalue weighted by molar-refractivity contribution is 0.102. The molecule has 3 heterocycles. The van der Waals surface area contributed by atoms with E-state index in [4.69, 9.17) is 26.7 Å². The molecule has 6 rings (SSSR count). The third-order valence-electron chi connectivity index (χ3n) is 5.98. The van der Waals surface area contributed by atoms with Gasteiger partial charge in [0.15, 0.2) is 22.4 Å². The molecule has 0 aliphatic heterocycles. The molecule has 0 saturated heterocycles. The molecule has 0 atom stereocenters. The summed E-state index contributed by atoms with van der Waals surface area (Å²) in [7, 11) is 0. The highest BCUT2D eigenvalue weighted by Crippen LogP contribution is 2.25. The maximum atomic E-state index is 12.7. The Balaban J connectivity index is 1.30. The minimum Gasteiger partial charge on any atom is -0.361 e. The second-order valence-electron chi connectivity index (χ2n) is 8.25. The largest absolute Gasteiger partial charge is 0.361 e. The molecular formula is C27H20ClN5OS. The van der Waals surface area contributed by atoms with E-state index in [2.05, 4.69) is 29.4 Å². The van der Waals surface area contributed by atoms with Gasteiger partial charge in [-0.2, -0.15) is 4.52 Å². The quantitative estimate of drug-likeness (QED) is 0.162. The van der Waals surface area contributed by atoms with Gasteiger partial charge in [-0.3, -0.25) is 4.79 Å². The number of aryl methyl sites for hydroxylation is 2. The minimum atomic E-state index is 0.00875. The van der Waals surface area contributed by atoms with Gasteiger partial charge in [0.2, 0.25) is 0 Å². The smallest absolute Gasteiger partial charge is 0.192 e. The number of carbonyl (C=O) groups excluding carboxylic acids is 1. The zero-order chi connectivity index (χ0) is 23.8. The van der Waals surface area contributed by atoms with Crippen LogP contribution >= 0.6 is 23.4 Å². The van der Waals surface area contributed by atoms with E-state index in [0.29, 0.717) is 22.2 Å². The molecule has 0 aliphatic rings. The molecule has 0 radical (unpaired) electrons. The lowest BCUT2D eigenvalue weighted by Crippen LogP contribution is -2.05. The van der Waals surface area contributed by atoms with Crippen LogP contribution in [0.15, 0.2) is 84.1 Å². The highest BCUT2D eigenvalue weighted by Gasteiger charge is 2.16. The second-order valence-corrected chi connectivity index (χ2v) is 9.63. The van der Waals surface area contributed by atoms with Crippen molar-refractivity contribution in [1.82, 2.24) is 24.6 Å². The van der Waals surface area contributed by atoms with Crippen LogP contribution in [0.4, 0.5) is 0 Å². The van der Waals surface area contributed by atoms with Crippen LogP contribution in [0.5, 0.6) is 0 Å². The average Bonchev–Trinajstić information content (AvgIpc) is 3.51.